The molecule has 4 heteroatoms. The van der Waals surface area contributed by atoms with Crippen LogP contribution in [0.4, 0.5) is 0 Å². The average molecular weight is 174 g/mol. The third kappa shape index (κ3) is 2.04. The van der Waals surface area contributed by atoms with E-state index in [0.29, 0.717) is 6.10 Å². The van der Waals surface area contributed by atoms with Crippen LogP contribution in [-0.2, 0) is 4.74 Å². The zero-order valence-corrected chi connectivity index (χ0v) is 7.78. The van der Waals surface area contributed by atoms with Gasteiger partial charge in [-0.25, -0.2) is 0 Å². The Morgan fingerprint density at radius 1 is 1.73 bits per heavy atom. The number of hydrogen-bond donors (Lipinski definition) is 1. The summed E-state index contributed by atoms with van der Waals surface area (Å²) in [4.78, 5) is 2.13. The number of ether oxygens (including phenoxy) is 1. The van der Waals surface area contributed by atoms with Crippen molar-refractivity contribution in [2.75, 3.05) is 27.2 Å². The van der Waals surface area contributed by atoms with E-state index in [2.05, 4.69) is 10.2 Å². The van der Waals surface area contributed by atoms with Gasteiger partial charge in [0, 0.05) is 27.2 Å². The molecule has 0 saturated carbocycles. The number of methoxy groups -OCH3 is 1. The lowest BCUT2D eigenvalue weighted by Crippen LogP contribution is -2.36. The largest absolute Gasteiger partial charge is 0.380 e. The molecule has 11 heavy (non-hydrogen) atoms. The van der Waals surface area contributed by atoms with Gasteiger partial charge in [-0.2, -0.15) is 0 Å². The van der Waals surface area contributed by atoms with Crippen molar-refractivity contribution >= 4 is 17.3 Å². The maximum Gasteiger partial charge on any atom is 0.168 e. The highest BCUT2D eigenvalue weighted by Gasteiger charge is 2.22. The molecule has 1 atom stereocenters. The Morgan fingerprint density at radius 2 is 2.45 bits per heavy atom. The van der Waals surface area contributed by atoms with Crippen molar-refractivity contribution < 1.29 is 4.74 Å². The molecule has 0 spiro atoms. The molecule has 0 amide bonds. The third-order valence-electron chi connectivity index (χ3n) is 1.98. The first-order valence-electron chi connectivity index (χ1n) is 3.77. The van der Waals surface area contributed by atoms with Crippen LogP contribution in [0.3, 0.4) is 0 Å². The fraction of sp³-hybridized carbons (Fsp3) is 0.857. The number of rotatable bonds is 1. The molecule has 1 heterocycles. The lowest BCUT2D eigenvalue weighted by atomic mass is 10.3. The molecule has 64 valence electrons. The average Bonchev–Trinajstić information content (AvgIpc) is 2.50. The van der Waals surface area contributed by atoms with Crippen LogP contribution in [0.5, 0.6) is 0 Å². The summed E-state index contributed by atoms with van der Waals surface area (Å²) in [6.07, 6.45) is 1.44. The Labute approximate surface area is 72.7 Å². The minimum Gasteiger partial charge on any atom is -0.380 e. The number of hydrogen-bond acceptors (Lipinski definition) is 2. The molecule has 1 aliphatic heterocycles. The summed E-state index contributed by atoms with van der Waals surface area (Å²) in [5.74, 6) is 0. The van der Waals surface area contributed by atoms with E-state index in [1.54, 1.807) is 7.11 Å². The minimum atomic E-state index is 0.362. The Hall–Kier alpha value is -0.350. The highest BCUT2D eigenvalue weighted by Crippen LogP contribution is 2.11. The predicted molar refractivity (Wildman–Crippen MR) is 48.6 cm³/mol. The number of likely N-dealkylation sites (tertiary alicyclic amines) is 1. The Balaban J connectivity index is 2.35. The Bertz CT molecular complexity index is 151. The molecule has 0 aromatic heterocycles. The molecular formula is C7H14N2OS. The zero-order valence-electron chi connectivity index (χ0n) is 6.96. The van der Waals surface area contributed by atoms with E-state index in [-0.39, 0.29) is 0 Å². The monoisotopic (exact) mass is 174 g/mol. The quantitative estimate of drug-likeness (QED) is 0.574. The van der Waals surface area contributed by atoms with Crippen molar-refractivity contribution in [2.24, 2.45) is 0 Å². The summed E-state index contributed by atoms with van der Waals surface area (Å²) >= 11 is 5.08. The molecule has 1 unspecified atom stereocenters. The van der Waals surface area contributed by atoms with Crippen LogP contribution in [0.15, 0.2) is 0 Å². The summed E-state index contributed by atoms with van der Waals surface area (Å²) in [6, 6.07) is 0. The minimum absolute atomic E-state index is 0.362. The van der Waals surface area contributed by atoms with Crippen molar-refractivity contribution in [3.05, 3.63) is 0 Å². The first-order chi connectivity index (χ1) is 5.27. The van der Waals surface area contributed by atoms with Crippen LogP contribution in [0.1, 0.15) is 6.42 Å². The molecular weight excluding hydrogens is 160 g/mol. The first kappa shape index (κ1) is 8.74. The summed E-state index contributed by atoms with van der Waals surface area (Å²) in [7, 11) is 3.60. The Kier molecular flexibility index (Phi) is 3.08. The van der Waals surface area contributed by atoms with Crippen molar-refractivity contribution in [3.8, 4) is 0 Å². The second kappa shape index (κ2) is 3.88. The molecule has 0 bridgehead atoms. The maximum absolute atomic E-state index is 5.21. The topological polar surface area (TPSA) is 24.5 Å². The van der Waals surface area contributed by atoms with Gasteiger partial charge in [-0.3, -0.25) is 0 Å². The van der Waals surface area contributed by atoms with Gasteiger partial charge in [0.15, 0.2) is 5.11 Å². The van der Waals surface area contributed by atoms with E-state index >= 15 is 0 Å². The lowest BCUT2D eigenvalue weighted by Gasteiger charge is -2.17. The molecule has 1 fully saturated rings. The normalized spacial score (nSPS) is 23.8. The van der Waals surface area contributed by atoms with Gasteiger partial charge in [0.2, 0.25) is 0 Å². The van der Waals surface area contributed by atoms with Gasteiger partial charge in [-0.1, -0.05) is 0 Å². The second-order valence-electron chi connectivity index (χ2n) is 2.65. The van der Waals surface area contributed by atoms with Crippen molar-refractivity contribution in [2.45, 2.75) is 12.5 Å². The molecule has 0 aromatic rings. The second-order valence-corrected chi connectivity index (χ2v) is 3.03. The van der Waals surface area contributed by atoms with Crippen LogP contribution in [-0.4, -0.2) is 43.4 Å². The van der Waals surface area contributed by atoms with Gasteiger partial charge in [0.25, 0.3) is 0 Å². The SMILES string of the molecule is CNC(=S)N1CCC(OC)C1. The lowest BCUT2D eigenvalue weighted by molar-refractivity contribution is 0.114. The number of nitrogens with one attached hydrogen (secondary N) is 1. The zero-order chi connectivity index (χ0) is 8.27. The molecule has 1 saturated heterocycles. The van der Waals surface area contributed by atoms with E-state index in [9.17, 15) is 0 Å². The standard InChI is InChI=1S/C7H14N2OS/c1-8-7(11)9-4-3-6(5-9)10-2/h6H,3-5H2,1-2H3,(H,8,11). The first-order valence-corrected chi connectivity index (χ1v) is 4.18. The van der Waals surface area contributed by atoms with Crippen LogP contribution >= 0.6 is 12.2 Å². The maximum atomic E-state index is 5.21. The van der Waals surface area contributed by atoms with Crippen LogP contribution in [0, 0.1) is 0 Å². The van der Waals surface area contributed by atoms with Crippen LogP contribution in [0.25, 0.3) is 0 Å². The molecule has 0 aromatic carbocycles. The molecule has 0 aliphatic carbocycles. The van der Waals surface area contributed by atoms with Crippen LogP contribution < -0.4 is 5.32 Å². The van der Waals surface area contributed by atoms with Crippen molar-refractivity contribution in [1.29, 1.82) is 0 Å². The summed E-state index contributed by atoms with van der Waals surface area (Å²) in [5, 5.41) is 3.78. The third-order valence-corrected chi connectivity index (χ3v) is 2.44. The van der Waals surface area contributed by atoms with Crippen molar-refractivity contribution in [1.82, 2.24) is 10.2 Å². The summed E-state index contributed by atoms with van der Waals surface area (Å²) in [6.45, 7) is 1.94. The number of thiocarbonyl (C=S) groups is 1. The highest BCUT2D eigenvalue weighted by molar-refractivity contribution is 7.80. The Morgan fingerprint density at radius 3 is 2.91 bits per heavy atom. The van der Waals surface area contributed by atoms with Gasteiger partial charge in [-0.05, 0) is 18.6 Å². The van der Waals surface area contributed by atoms with Gasteiger partial charge >= 0.3 is 0 Å². The van der Waals surface area contributed by atoms with E-state index in [0.717, 1.165) is 24.6 Å². The van der Waals surface area contributed by atoms with E-state index < -0.39 is 0 Å². The van der Waals surface area contributed by atoms with E-state index in [1.165, 1.54) is 0 Å². The van der Waals surface area contributed by atoms with E-state index in [1.807, 2.05) is 7.05 Å². The predicted octanol–water partition coefficient (Wildman–Crippen LogP) is 0.211. The van der Waals surface area contributed by atoms with Gasteiger partial charge < -0.3 is 15.0 Å². The highest BCUT2D eigenvalue weighted by atomic mass is 32.1. The number of nitrogens with zero attached hydrogens (tertiary/aromatic N) is 1. The molecule has 3 nitrogen and oxygen atoms in total. The van der Waals surface area contributed by atoms with Crippen molar-refractivity contribution in [3.63, 3.8) is 0 Å². The molecule has 1 N–H and O–H groups in total. The molecule has 1 rings (SSSR count). The van der Waals surface area contributed by atoms with E-state index in [4.69, 9.17) is 17.0 Å². The molecule has 1 aliphatic rings. The van der Waals surface area contributed by atoms with Gasteiger partial charge in [-0.15, -0.1) is 0 Å². The fourth-order valence-corrected chi connectivity index (χ4v) is 1.43. The smallest absolute Gasteiger partial charge is 0.168 e. The van der Waals surface area contributed by atoms with Gasteiger partial charge in [0.05, 0.1) is 6.10 Å². The fourth-order valence-electron chi connectivity index (χ4n) is 1.26. The van der Waals surface area contributed by atoms with Crippen LogP contribution in [0.2, 0.25) is 0 Å². The summed E-state index contributed by atoms with van der Waals surface area (Å²) in [5.41, 5.74) is 0. The summed E-state index contributed by atoms with van der Waals surface area (Å²) < 4.78 is 5.21. The molecule has 0 radical (unpaired) electrons. The van der Waals surface area contributed by atoms with Gasteiger partial charge in [0.1, 0.15) is 0 Å².